The molecule has 0 saturated carbocycles. The van der Waals surface area contributed by atoms with E-state index in [1.165, 1.54) is 96.3 Å². The van der Waals surface area contributed by atoms with Crippen LogP contribution in [0.4, 0.5) is 0 Å². The van der Waals surface area contributed by atoms with E-state index in [1.807, 2.05) is 0 Å². The molecule has 0 radical (unpaired) electrons. The molecule has 0 aromatic rings. The van der Waals surface area contributed by atoms with Gasteiger partial charge in [0, 0.05) is 19.3 Å². The molecule has 0 heterocycles. The zero-order valence-corrected chi connectivity index (χ0v) is 49.6. The number of esters is 3. The fraction of sp³-hybridized carbons (Fsp3) is 0.766. The number of phosphoric acid groups is 1. The van der Waals surface area contributed by atoms with Crippen LogP contribution in [0.2, 0.25) is 0 Å². The van der Waals surface area contributed by atoms with E-state index in [-0.39, 0.29) is 25.9 Å². The number of unbranched alkanes of at least 4 members (excludes halogenated alkanes) is 28. The fourth-order valence-electron chi connectivity index (χ4n) is 8.33. The predicted octanol–water partition coefficient (Wildman–Crippen LogP) is 18.5. The molecule has 0 spiro atoms. The van der Waals surface area contributed by atoms with Gasteiger partial charge in [0.1, 0.15) is 12.7 Å². The lowest BCUT2D eigenvalue weighted by molar-refractivity contribution is -0.161. The van der Waals surface area contributed by atoms with Gasteiger partial charge >= 0.3 is 25.7 Å². The van der Waals surface area contributed by atoms with Crippen LogP contribution in [-0.4, -0.2) is 66.5 Å². The molecule has 12 heteroatoms. The Morgan fingerprint density at radius 3 is 1.03 bits per heavy atom. The molecule has 0 bridgehead atoms. The van der Waals surface area contributed by atoms with Crippen molar-refractivity contribution >= 4 is 25.7 Å². The molecule has 2 N–H and O–H groups in total. The van der Waals surface area contributed by atoms with Gasteiger partial charge in [-0.25, -0.2) is 4.57 Å². The molecule has 3 atom stereocenters. The zero-order chi connectivity index (χ0) is 55.5. The Bertz CT molecular complexity index is 1550. The lowest BCUT2D eigenvalue weighted by atomic mass is 10.1. The topological polar surface area (TPSA) is 155 Å². The summed E-state index contributed by atoms with van der Waals surface area (Å²) >= 11 is 0. The lowest BCUT2D eigenvalue weighted by Gasteiger charge is -2.21. The molecule has 0 aliphatic carbocycles. The van der Waals surface area contributed by atoms with E-state index in [0.717, 1.165) is 122 Å². The molecular formula is C64H113O11P. The molecular weight excluding hydrogens is 976 g/mol. The minimum atomic E-state index is -4.76. The van der Waals surface area contributed by atoms with E-state index in [4.69, 9.17) is 23.3 Å². The van der Waals surface area contributed by atoms with Crippen molar-refractivity contribution in [2.75, 3.05) is 26.4 Å². The van der Waals surface area contributed by atoms with Gasteiger partial charge in [-0.15, -0.1) is 0 Å². The van der Waals surface area contributed by atoms with Gasteiger partial charge in [0.05, 0.1) is 19.8 Å². The van der Waals surface area contributed by atoms with Crippen LogP contribution in [0.1, 0.15) is 278 Å². The van der Waals surface area contributed by atoms with Crippen molar-refractivity contribution in [1.82, 2.24) is 0 Å². The summed E-state index contributed by atoms with van der Waals surface area (Å²) < 4.78 is 39.6. The average molecular weight is 1090 g/mol. The molecule has 76 heavy (non-hydrogen) atoms. The Labute approximate surface area is 465 Å². The predicted molar refractivity (Wildman–Crippen MR) is 316 cm³/mol. The number of ether oxygens (including phenoxy) is 3. The summed E-state index contributed by atoms with van der Waals surface area (Å²) in [5, 5.41) is 9.82. The van der Waals surface area contributed by atoms with E-state index < -0.39 is 57.8 Å². The number of hydrogen-bond acceptors (Lipinski definition) is 10. The summed E-state index contributed by atoms with van der Waals surface area (Å²) in [6.07, 6.45) is 65.6. The van der Waals surface area contributed by atoms with Gasteiger partial charge in [0.25, 0.3) is 0 Å². The van der Waals surface area contributed by atoms with E-state index in [1.54, 1.807) is 0 Å². The first-order chi connectivity index (χ1) is 37.2. The van der Waals surface area contributed by atoms with Crippen molar-refractivity contribution in [3.63, 3.8) is 0 Å². The molecule has 440 valence electrons. The summed E-state index contributed by atoms with van der Waals surface area (Å²) in [5.74, 6) is -1.49. The molecule has 0 aromatic carbocycles. The Hall–Kier alpha value is -3.08. The van der Waals surface area contributed by atoms with Gasteiger partial charge in [-0.2, -0.15) is 0 Å². The molecule has 0 aliphatic heterocycles. The Morgan fingerprint density at radius 2 is 0.645 bits per heavy atom. The number of aliphatic hydroxyl groups is 1. The van der Waals surface area contributed by atoms with E-state index >= 15 is 0 Å². The van der Waals surface area contributed by atoms with Crippen LogP contribution < -0.4 is 0 Å². The van der Waals surface area contributed by atoms with Crippen LogP contribution in [0.3, 0.4) is 0 Å². The number of carbonyl (C=O) groups is 3. The highest BCUT2D eigenvalue weighted by atomic mass is 31.2. The maximum absolute atomic E-state index is 12.9. The maximum atomic E-state index is 12.9. The lowest BCUT2D eigenvalue weighted by Crippen LogP contribution is -2.30. The molecule has 3 unspecified atom stereocenters. The van der Waals surface area contributed by atoms with Crippen LogP contribution >= 0.6 is 7.82 Å². The van der Waals surface area contributed by atoms with Crippen molar-refractivity contribution in [3.8, 4) is 0 Å². The standard InChI is InChI=1S/C64H113O11P/c1-4-7-10-13-16-19-22-25-27-29-30-32-34-37-40-43-46-49-52-55-64(68)75-61(57-71-62(66)53-50-47-44-41-38-36-33-31-28-26-23-20-17-14-11-8-5-2)59-73-76(69,70)72-58-60(56-65)74-63(67)54-51-48-45-42-39-35-24-21-18-15-12-9-6-3/h16-17,19-21,24-28,30,32,60-61,65H,4-15,18,22-23,29,31,33-59H2,1-3H3,(H,69,70)/b19-16-,20-17-,24-21-,27-25-,28-26-,32-30-. The van der Waals surface area contributed by atoms with Gasteiger partial charge in [-0.3, -0.25) is 23.4 Å². The highest BCUT2D eigenvalue weighted by molar-refractivity contribution is 7.47. The van der Waals surface area contributed by atoms with Crippen molar-refractivity contribution in [3.05, 3.63) is 72.9 Å². The minimum absolute atomic E-state index is 0.149. The number of allylic oxidation sites excluding steroid dienone is 12. The van der Waals surface area contributed by atoms with Gasteiger partial charge in [0.15, 0.2) is 6.10 Å². The van der Waals surface area contributed by atoms with Crippen molar-refractivity contribution in [2.24, 2.45) is 0 Å². The van der Waals surface area contributed by atoms with Crippen LogP contribution in [0.15, 0.2) is 72.9 Å². The first-order valence-corrected chi connectivity index (χ1v) is 32.3. The van der Waals surface area contributed by atoms with Crippen LogP contribution in [-0.2, 0) is 42.2 Å². The highest BCUT2D eigenvalue weighted by Crippen LogP contribution is 2.43. The quantitative estimate of drug-likeness (QED) is 0.0197. The third-order valence-corrected chi connectivity index (χ3v) is 14.0. The highest BCUT2D eigenvalue weighted by Gasteiger charge is 2.28. The first kappa shape index (κ1) is 72.9. The smallest absolute Gasteiger partial charge is 0.462 e. The number of rotatable bonds is 57. The van der Waals surface area contributed by atoms with Crippen LogP contribution in [0.25, 0.3) is 0 Å². The van der Waals surface area contributed by atoms with E-state index in [0.29, 0.717) is 19.3 Å². The maximum Gasteiger partial charge on any atom is 0.472 e. The Morgan fingerprint density at radius 1 is 0.368 bits per heavy atom. The largest absolute Gasteiger partial charge is 0.472 e. The summed E-state index contributed by atoms with van der Waals surface area (Å²) in [7, 11) is -4.76. The summed E-state index contributed by atoms with van der Waals surface area (Å²) in [6.45, 7) is 4.57. The van der Waals surface area contributed by atoms with Gasteiger partial charge in [0.2, 0.25) is 0 Å². The van der Waals surface area contributed by atoms with E-state index in [2.05, 4.69) is 93.7 Å². The van der Waals surface area contributed by atoms with E-state index in [9.17, 15) is 28.9 Å². The normalized spacial score (nSPS) is 13.8. The van der Waals surface area contributed by atoms with Crippen molar-refractivity contribution < 1.29 is 52.2 Å². The SMILES string of the molecule is CCCCC/C=C\C/C=C\C/C=C\CCCCCCCCC(=O)OC(COC(=O)CCCCCCCCC/C=C\C/C=C\CCCCC)COP(=O)(O)OCC(CO)OC(=O)CCCCCCC/C=C\CCCCCC. The Kier molecular flexibility index (Phi) is 55.7. The summed E-state index contributed by atoms with van der Waals surface area (Å²) in [5.41, 5.74) is 0. The van der Waals surface area contributed by atoms with Crippen molar-refractivity contribution in [2.45, 2.75) is 290 Å². The monoisotopic (exact) mass is 1090 g/mol. The fourth-order valence-corrected chi connectivity index (χ4v) is 9.11. The van der Waals surface area contributed by atoms with Gasteiger partial charge < -0.3 is 24.2 Å². The second-order valence-corrected chi connectivity index (χ2v) is 22.0. The number of carbonyl (C=O) groups excluding carboxylic acids is 3. The molecule has 0 aromatic heterocycles. The molecule has 0 saturated heterocycles. The summed E-state index contributed by atoms with van der Waals surface area (Å²) in [6, 6.07) is 0. The average Bonchev–Trinajstić information content (AvgIpc) is 3.41. The molecule has 0 amide bonds. The Balaban J connectivity index is 4.76. The van der Waals surface area contributed by atoms with Crippen LogP contribution in [0, 0.1) is 0 Å². The zero-order valence-electron chi connectivity index (χ0n) is 48.7. The third kappa shape index (κ3) is 55.7. The van der Waals surface area contributed by atoms with Crippen LogP contribution in [0.5, 0.6) is 0 Å². The second kappa shape index (κ2) is 58.1. The molecule has 0 aliphatic rings. The van der Waals surface area contributed by atoms with Gasteiger partial charge in [-0.05, 0) is 116 Å². The second-order valence-electron chi connectivity index (χ2n) is 20.5. The number of aliphatic hydroxyl groups excluding tert-OH is 1. The molecule has 0 rings (SSSR count). The minimum Gasteiger partial charge on any atom is -0.462 e. The van der Waals surface area contributed by atoms with Gasteiger partial charge in [-0.1, -0.05) is 216 Å². The third-order valence-electron chi connectivity index (χ3n) is 13.1. The molecule has 0 fully saturated rings. The number of hydrogen-bond donors (Lipinski definition) is 2. The summed E-state index contributed by atoms with van der Waals surface area (Å²) in [4.78, 5) is 48.6. The number of phosphoric ester groups is 1. The molecule has 11 nitrogen and oxygen atoms in total. The first-order valence-electron chi connectivity index (χ1n) is 30.8. The van der Waals surface area contributed by atoms with Crippen molar-refractivity contribution in [1.29, 1.82) is 0 Å².